The van der Waals surface area contributed by atoms with Crippen LogP contribution in [-0.4, -0.2) is 49.0 Å². The molecule has 1 unspecified atom stereocenters. The second-order valence-corrected chi connectivity index (χ2v) is 5.65. The van der Waals surface area contributed by atoms with Gasteiger partial charge in [-0.1, -0.05) is 0 Å². The number of nitrogens with zero attached hydrogens (tertiary/aromatic N) is 2. The molecule has 2 N–H and O–H groups in total. The van der Waals surface area contributed by atoms with Gasteiger partial charge in [0.15, 0.2) is 0 Å². The van der Waals surface area contributed by atoms with E-state index in [1.165, 1.54) is 4.68 Å². The van der Waals surface area contributed by atoms with Gasteiger partial charge in [0.25, 0.3) is 0 Å². The molecule has 1 atom stereocenters. The Hall–Kier alpha value is -1.45. The van der Waals surface area contributed by atoms with E-state index in [2.05, 4.69) is 14.6 Å². The third-order valence-corrected chi connectivity index (χ3v) is 4.40. The summed E-state index contributed by atoms with van der Waals surface area (Å²) in [6.45, 7) is 2.46. The number of hydrogen-bond donors (Lipinski definition) is 2. The summed E-state index contributed by atoms with van der Waals surface area (Å²) in [5.41, 5.74) is 0.751. The molecule has 19 heavy (non-hydrogen) atoms. The van der Waals surface area contributed by atoms with E-state index < -0.39 is 28.6 Å². The first-order valence-electron chi connectivity index (χ1n) is 5.45. The SMILES string of the molecule is COC(=O)C(CO)NS(=O)(=O)c1c(C)nn(C)c1C. The number of hydrogen-bond acceptors (Lipinski definition) is 6. The number of carbonyl (C=O) groups is 1. The largest absolute Gasteiger partial charge is 0.468 e. The van der Waals surface area contributed by atoms with Crippen molar-refractivity contribution in [2.75, 3.05) is 13.7 Å². The molecule has 0 spiro atoms. The third kappa shape index (κ3) is 3.11. The van der Waals surface area contributed by atoms with Crippen LogP contribution in [0.15, 0.2) is 4.90 Å². The fourth-order valence-electron chi connectivity index (χ4n) is 1.69. The van der Waals surface area contributed by atoms with Crippen molar-refractivity contribution in [3.05, 3.63) is 11.4 Å². The Morgan fingerprint density at radius 2 is 2.11 bits per heavy atom. The van der Waals surface area contributed by atoms with Crippen molar-refractivity contribution in [1.29, 1.82) is 0 Å². The number of nitrogens with one attached hydrogen (secondary N) is 1. The van der Waals surface area contributed by atoms with Gasteiger partial charge in [-0.2, -0.15) is 9.82 Å². The normalized spacial score (nSPS) is 13.3. The van der Waals surface area contributed by atoms with Crippen LogP contribution in [0, 0.1) is 13.8 Å². The second-order valence-electron chi connectivity index (χ2n) is 4.00. The molecule has 108 valence electrons. The molecule has 0 amide bonds. The average Bonchev–Trinajstić information content (AvgIpc) is 2.59. The van der Waals surface area contributed by atoms with Crippen LogP contribution in [-0.2, 0) is 26.6 Å². The fourth-order valence-corrected chi connectivity index (χ4v) is 3.31. The molecule has 1 heterocycles. The van der Waals surface area contributed by atoms with E-state index in [9.17, 15) is 13.2 Å². The standard InChI is InChI=1S/C10H17N3O5S/c1-6-9(7(2)13(3)11-6)19(16,17)12-8(5-14)10(15)18-4/h8,12,14H,5H2,1-4H3. The number of aliphatic hydroxyl groups excluding tert-OH is 1. The molecular formula is C10H17N3O5S. The lowest BCUT2D eigenvalue weighted by Gasteiger charge is -2.14. The molecule has 0 bridgehead atoms. The topological polar surface area (TPSA) is 111 Å². The number of aromatic nitrogens is 2. The highest BCUT2D eigenvalue weighted by molar-refractivity contribution is 7.89. The van der Waals surface area contributed by atoms with E-state index in [0.29, 0.717) is 11.4 Å². The van der Waals surface area contributed by atoms with Gasteiger partial charge in [-0.15, -0.1) is 0 Å². The van der Waals surface area contributed by atoms with Crippen molar-refractivity contribution < 1.29 is 23.1 Å². The molecule has 8 nitrogen and oxygen atoms in total. The number of sulfonamides is 1. The number of aryl methyl sites for hydroxylation is 2. The van der Waals surface area contributed by atoms with E-state index in [0.717, 1.165) is 7.11 Å². The van der Waals surface area contributed by atoms with Gasteiger partial charge in [0.2, 0.25) is 10.0 Å². The summed E-state index contributed by atoms with van der Waals surface area (Å²) in [5, 5.41) is 13.0. The maximum absolute atomic E-state index is 12.2. The van der Waals surface area contributed by atoms with E-state index in [-0.39, 0.29) is 4.90 Å². The number of ether oxygens (including phenoxy) is 1. The van der Waals surface area contributed by atoms with Crippen molar-refractivity contribution in [2.24, 2.45) is 7.05 Å². The molecule has 1 aromatic heterocycles. The number of esters is 1. The van der Waals surface area contributed by atoms with Crippen LogP contribution in [0.4, 0.5) is 0 Å². The molecule has 0 radical (unpaired) electrons. The average molecular weight is 291 g/mol. The molecule has 0 fully saturated rings. The van der Waals surface area contributed by atoms with Gasteiger partial charge < -0.3 is 9.84 Å². The van der Waals surface area contributed by atoms with Crippen molar-refractivity contribution in [3.8, 4) is 0 Å². The number of methoxy groups -OCH3 is 1. The van der Waals surface area contributed by atoms with Crippen LogP contribution >= 0.6 is 0 Å². The summed E-state index contributed by atoms with van der Waals surface area (Å²) in [5.74, 6) is -0.856. The van der Waals surface area contributed by atoms with Crippen LogP contribution in [0.5, 0.6) is 0 Å². The maximum Gasteiger partial charge on any atom is 0.326 e. The molecule has 0 aliphatic heterocycles. The van der Waals surface area contributed by atoms with Gasteiger partial charge in [0.05, 0.1) is 25.1 Å². The highest BCUT2D eigenvalue weighted by Crippen LogP contribution is 2.18. The zero-order chi connectivity index (χ0) is 14.8. The zero-order valence-electron chi connectivity index (χ0n) is 11.2. The quantitative estimate of drug-likeness (QED) is 0.663. The predicted octanol–water partition coefficient (Wildman–Crippen LogP) is -1.15. The zero-order valence-corrected chi connectivity index (χ0v) is 12.0. The number of rotatable bonds is 5. The first-order chi connectivity index (χ1) is 8.74. The van der Waals surface area contributed by atoms with E-state index >= 15 is 0 Å². The van der Waals surface area contributed by atoms with Gasteiger partial charge >= 0.3 is 5.97 Å². The lowest BCUT2D eigenvalue weighted by Crippen LogP contribution is -2.44. The molecule has 0 saturated heterocycles. The van der Waals surface area contributed by atoms with E-state index in [1.807, 2.05) is 0 Å². The fraction of sp³-hybridized carbons (Fsp3) is 0.600. The highest BCUT2D eigenvalue weighted by atomic mass is 32.2. The summed E-state index contributed by atoms with van der Waals surface area (Å²) in [7, 11) is -1.23. The Balaban J connectivity index is 3.14. The Bertz CT molecular complexity index is 578. The Labute approximate surface area is 111 Å². The van der Waals surface area contributed by atoms with Crippen LogP contribution in [0.3, 0.4) is 0 Å². The van der Waals surface area contributed by atoms with Gasteiger partial charge in [-0.05, 0) is 13.8 Å². The van der Waals surface area contributed by atoms with Crippen molar-refractivity contribution in [1.82, 2.24) is 14.5 Å². The van der Waals surface area contributed by atoms with Crippen LogP contribution in [0.1, 0.15) is 11.4 Å². The minimum atomic E-state index is -3.96. The van der Waals surface area contributed by atoms with Gasteiger partial charge in [0.1, 0.15) is 10.9 Å². The van der Waals surface area contributed by atoms with Crippen molar-refractivity contribution >= 4 is 16.0 Å². The summed E-state index contributed by atoms with van der Waals surface area (Å²) in [4.78, 5) is 11.3. The van der Waals surface area contributed by atoms with Crippen LogP contribution < -0.4 is 4.72 Å². The van der Waals surface area contributed by atoms with Gasteiger partial charge in [-0.25, -0.2) is 8.42 Å². The first kappa shape index (κ1) is 15.6. The Morgan fingerprint density at radius 1 is 1.53 bits per heavy atom. The lowest BCUT2D eigenvalue weighted by molar-refractivity contribution is -0.143. The summed E-state index contributed by atoms with van der Waals surface area (Å²) >= 11 is 0. The minimum Gasteiger partial charge on any atom is -0.468 e. The van der Waals surface area contributed by atoms with Gasteiger partial charge in [-0.3, -0.25) is 9.48 Å². The molecular weight excluding hydrogens is 274 g/mol. The second kappa shape index (κ2) is 5.68. The Kier molecular flexibility index (Phi) is 4.66. The molecule has 0 aliphatic rings. The first-order valence-corrected chi connectivity index (χ1v) is 6.94. The molecule has 1 aromatic rings. The number of aliphatic hydroxyl groups is 1. The van der Waals surface area contributed by atoms with Crippen LogP contribution in [0.2, 0.25) is 0 Å². The minimum absolute atomic E-state index is 0.00245. The van der Waals surface area contributed by atoms with Crippen molar-refractivity contribution in [2.45, 2.75) is 24.8 Å². The third-order valence-electron chi connectivity index (χ3n) is 2.68. The lowest BCUT2D eigenvalue weighted by atomic mass is 10.3. The number of carbonyl (C=O) groups excluding carboxylic acids is 1. The van der Waals surface area contributed by atoms with E-state index in [4.69, 9.17) is 5.11 Å². The van der Waals surface area contributed by atoms with E-state index in [1.54, 1.807) is 20.9 Å². The van der Waals surface area contributed by atoms with Crippen LogP contribution in [0.25, 0.3) is 0 Å². The van der Waals surface area contributed by atoms with Gasteiger partial charge in [0, 0.05) is 7.05 Å². The van der Waals surface area contributed by atoms with Crippen molar-refractivity contribution in [3.63, 3.8) is 0 Å². The maximum atomic E-state index is 12.2. The molecule has 0 aliphatic carbocycles. The monoisotopic (exact) mass is 291 g/mol. The molecule has 1 rings (SSSR count). The molecule has 9 heteroatoms. The predicted molar refractivity (Wildman–Crippen MR) is 65.9 cm³/mol. The summed E-state index contributed by atoms with van der Waals surface area (Å²) < 4.78 is 32.3. The summed E-state index contributed by atoms with van der Waals surface area (Å²) in [6.07, 6.45) is 0. The Morgan fingerprint density at radius 3 is 2.47 bits per heavy atom. The highest BCUT2D eigenvalue weighted by Gasteiger charge is 2.29. The molecule has 0 saturated carbocycles. The summed E-state index contributed by atoms with van der Waals surface area (Å²) in [6, 6.07) is -1.34. The molecule has 0 aromatic carbocycles. The smallest absolute Gasteiger partial charge is 0.326 e.